The Bertz CT molecular complexity index is 841. The molecule has 1 heterocycles. The summed E-state index contributed by atoms with van der Waals surface area (Å²) in [6.45, 7) is 3.73. The molecule has 0 fully saturated rings. The molecular formula is C17H13N3O4. The Balaban J connectivity index is 2.21. The summed E-state index contributed by atoms with van der Waals surface area (Å²) in [5, 5.41) is 22.2. The van der Waals surface area contributed by atoms with Gasteiger partial charge in [-0.25, -0.2) is 0 Å². The fraction of sp³-hybridized carbons (Fsp3) is 0.0588. The van der Waals surface area contributed by atoms with Gasteiger partial charge >= 0.3 is 0 Å². The maximum Gasteiger partial charge on any atom is 0.269 e. The number of nitriles is 1. The van der Waals surface area contributed by atoms with E-state index in [4.69, 9.17) is 9.68 Å². The molecule has 0 unspecified atom stereocenters. The standard InChI is InChI=1S/C17H13N3O4/c1-2-9-19-17(21)13(11-18)10-15-7-8-16(24-15)12-3-5-14(6-4-12)20(22)23/h2-8,10H,1,9H2,(H,19,21)/b13-10+. The summed E-state index contributed by atoms with van der Waals surface area (Å²) in [6, 6.07) is 10.9. The average molecular weight is 323 g/mol. The highest BCUT2D eigenvalue weighted by atomic mass is 16.6. The van der Waals surface area contributed by atoms with Crippen molar-refractivity contribution in [2.75, 3.05) is 6.54 Å². The van der Waals surface area contributed by atoms with Gasteiger partial charge in [-0.15, -0.1) is 6.58 Å². The summed E-state index contributed by atoms with van der Waals surface area (Å²) in [7, 11) is 0. The van der Waals surface area contributed by atoms with Gasteiger partial charge in [0.2, 0.25) is 0 Å². The second-order valence-electron chi connectivity index (χ2n) is 4.67. The molecule has 7 heteroatoms. The van der Waals surface area contributed by atoms with Crippen LogP contribution in [0.4, 0.5) is 5.69 Å². The highest BCUT2D eigenvalue weighted by Gasteiger charge is 2.11. The molecule has 1 N–H and O–H groups in total. The fourth-order valence-electron chi connectivity index (χ4n) is 1.88. The van der Waals surface area contributed by atoms with Gasteiger partial charge in [0.15, 0.2) is 0 Å². The summed E-state index contributed by atoms with van der Waals surface area (Å²) in [4.78, 5) is 21.9. The second kappa shape index (κ2) is 7.56. The van der Waals surface area contributed by atoms with Gasteiger partial charge in [-0.05, 0) is 24.3 Å². The van der Waals surface area contributed by atoms with Crippen LogP contribution in [-0.4, -0.2) is 17.4 Å². The summed E-state index contributed by atoms with van der Waals surface area (Å²) in [6.07, 6.45) is 2.83. The molecule has 1 aromatic carbocycles. The third-order valence-corrected chi connectivity index (χ3v) is 3.05. The van der Waals surface area contributed by atoms with Gasteiger partial charge in [-0.3, -0.25) is 14.9 Å². The molecule has 0 spiro atoms. The van der Waals surface area contributed by atoms with Crippen LogP contribution < -0.4 is 5.32 Å². The largest absolute Gasteiger partial charge is 0.457 e. The van der Waals surface area contributed by atoms with Gasteiger partial charge in [0, 0.05) is 30.3 Å². The Morgan fingerprint density at radius 1 is 1.33 bits per heavy atom. The van der Waals surface area contributed by atoms with Crippen molar-refractivity contribution in [3.63, 3.8) is 0 Å². The topological polar surface area (TPSA) is 109 Å². The van der Waals surface area contributed by atoms with E-state index >= 15 is 0 Å². The maximum atomic E-state index is 11.8. The third kappa shape index (κ3) is 3.96. The van der Waals surface area contributed by atoms with Crippen molar-refractivity contribution >= 4 is 17.7 Å². The number of furan rings is 1. The van der Waals surface area contributed by atoms with Crippen LogP contribution >= 0.6 is 0 Å². The van der Waals surface area contributed by atoms with Gasteiger partial charge in [-0.2, -0.15) is 5.26 Å². The van der Waals surface area contributed by atoms with Crippen molar-refractivity contribution < 1.29 is 14.1 Å². The zero-order chi connectivity index (χ0) is 17.5. The van der Waals surface area contributed by atoms with E-state index in [1.807, 2.05) is 6.07 Å². The molecule has 120 valence electrons. The Hall–Kier alpha value is -3.66. The molecule has 1 amide bonds. The second-order valence-corrected chi connectivity index (χ2v) is 4.67. The van der Waals surface area contributed by atoms with E-state index in [-0.39, 0.29) is 17.8 Å². The minimum atomic E-state index is -0.523. The van der Waals surface area contributed by atoms with Crippen LogP contribution in [0.5, 0.6) is 0 Å². The molecule has 0 bridgehead atoms. The van der Waals surface area contributed by atoms with Gasteiger partial charge in [-0.1, -0.05) is 6.08 Å². The number of carbonyl (C=O) groups excluding carboxylic acids is 1. The van der Waals surface area contributed by atoms with Crippen LogP contribution in [0.1, 0.15) is 5.76 Å². The van der Waals surface area contributed by atoms with Crippen LogP contribution in [-0.2, 0) is 4.79 Å². The Morgan fingerprint density at radius 2 is 2.04 bits per heavy atom. The van der Waals surface area contributed by atoms with Crippen molar-refractivity contribution in [3.05, 3.63) is 70.5 Å². The van der Waals surface area contributed by atoms with Crippen LogP contribution in [0.3, 0.4) is 0 Å². The first-order valence-corrected chi connectivity index (χ1v) is 6.90. The third-order valence-electron chi connectivity index (χ3n) is 3.05. The Labute approximate surface area is 137 Å². The number of nitro groups is 1. The molecule has 0 atom stereocenters. The molecule has 24 heavy (non-hydrogen) atoms. The fourth-order valence-corrected chi connectivity index (χ4v) is 1.88. The number of benzene rings is 1. The van der Waals surface area contributed by atoms with E-state index in [1.54, 1.807) is 24.3 Å². The van der Waals surface area contributed by atoms with E-state index < -0.39 is 10.8 Å². The SMILES string of the molecule is C=CCNC(=O)/C(C#N)=C/c1ccc(-c2ccc([N+](=O)[O-])cc2)o1. The summed E-state index contributed by atoms with van der Waals surface area (Å²) in [5.41, 5.74) is 0.535. The molecule has 0 aliphatic rings. The number of hydrogen-bond acceptors (Lipinski definition) is 5. The van der Waals surface area contributed by atoms with Gasteiger partial charge in [0.1, 0.15) is 23.2 Å². The smallest absolute Gasteiger partial charge is 0.269 e. The Morgan fingerprint density at radius 3 is 2.62 bits per heavy atom. The highest BCUT2D eigenvalue weighted by molar-refractivity contribution is 6.01. The number of hydrogen-bond donors (Lipinski definition) is 1. The van der Waals surface area contributed by atoms with Crippen molar-refractivity contribution in [2.45, 2.75) is 0 Å². The zero-order valence-corrected chi connectivity index (χ0v) is 12.6. The zero-order valence-electron chi connectivity index (χ0n) is 12.6. The lowest BCUT2D eigenvalue weighted by Gasteiger charge is -1.99. The van der Waals surface area contributed by atoms with E-state index in [2.05, 4.69) is 11.9 Å². The number of carbonyl (C=O) groups is 1. The monoisotopic (exact) mass is 323 g/mol. The number of nitro benzene ring substituents is 1. The minimum Gasteiger partial charge on any atom is -0.457 e. The molecule has 0 saturated carbocycles. The number of nitrogens with one attached hydrogen (secondary N) is 1. The van der Waals surface area contributed by atoms with Crippen LogP contribution in [0.25, 0.3) is 17.4 Å². The average Bonchev–Trinajstić information content (AvgIpc) is 3.06. The molecule has 2 aromatic rings. The maximum absolute atomic E-state index is 11.8. The molecule has 2 rings (SSSR count). The molecule has 0 aliphatic carbocycles. The van der Waals surface area contributed by atoms with E-state index in [0.29, 0.717) is 17.1 Å². The molecule has 0 saturated heterocycles. The first-order chi connectivity index (χ1) is 11.5. The van der Waals surface area contributed by atoms with E-state index in [9.17, 15) is 14.9 Å². The predicted molar refractivity (Wildman–Crippen MR) is 87.6 cm³/mol. The van der Waals surface area contributed by atoms with Crippen molar-refractivity contribution in [3.8, 4) is 17.4 Å². The first-order valence-electron chi connectivity index (χ1n) is 6.90. The molecule has 0 radical (unpaired) electrons. The van der Waals surface area contributed by atoms with Crippen LogP contribution in [0.15, 0.2) is 59.0 Å². The Kier molecular flexibility index (Phi) is 5.26. The van der Waals surface area contributed by atoms with Crippen molar-refractivity contribution in [1.29, 1.82) is 5.26 Å². The lowest BCUT2D eigenvalue weighted by molar-refractivity contribution is -0.384. The first kappa shape index (κ1) is 16.7. The van der Waals surface area contributed by atoms with Gasteiger partial charge in [0.25, 0.3) is 11.6 Å². The molecule has 7 nitrogen and oxygen atoms in total. The van der Waals surface area contributed by atoms with Gasteiger partial charge < -0.3 is 9.73 Å². The summed E-state index contributed by atoms with van der Waals surface area (Å²) in [5.74, 6) is 0.277. The quantitative estimate of drug-likeness (QED) is 0.289. The molecular weight excluding hydrogens is 310 g/mol. The highest BCUT2D eigenvalue weighted by Crippen LogP contribution is 2.25. The van der Waals surface area contributed by atoms with E-state index in [1.165, 1.54) is 24.3 Å². The number of nitrogens with zero attached hydrogens (tertiary/aromatic N) is 2. The number of non-ortho nitro benzene ring substituents is 1. The predicted octanol–water partition coefficient (Wildman–Crippen LogP) is 3.06. The minimum absolute atomic E-state index is 0.0175. The molecule has 0 aliphatic heterocycles. The van der Waals surface area contributed by atoms with Gasteiger partial charge in [0.05, 0.1) is 4.92 Å². The lowest BCUT2D eigenvalue weighted by Crippen LogP contribution is -2.24. The van der Waals surface area contributed by atoms with Crippen molar-refractivity contribution in [2.24, 2.45) is 0 Å². The summed E-state index contributed by atoms with van der Waals surface area (Å²) >= 11 is 0. The summed E-state index contributed by atoms with van der Waals surface area (Å²) < 4.78 is 5.56. The number of amides is 1. The molecule has 1 aromatic heterocycles. The van der Waals surface area contributed by atoms with Crippen LogP contribution in [0.2, 0.25) is 0 Å². The number of rotatable bonds is 6. The van der Waals surface area contributed by atoms with Crippen LogP contribution in [0, 0.1) is 21.4 Å². The lowest BCUT2D eigenvalue weighted by atomic mass is 10.1. The van der Waals surface area contributed by atoms with Crippen molar-refractivity contribution in [1.82, 2.24) is 5.32 Å². The van der Waals surface area contributed by atoms with E-state index in [0.717, 1.165) is 0 Å². The normalized spacial score (nSPS) is 10.7.